The SMILES string of the molecule is C=C1C(=O)O[C@H]2[C@H]1[C@@H](O)[C@H](OC(=O)/C(C)=C\C)C(C)=C1C(=O)[C@@H]3O[C@]3(C)[C@@]12O. The Bertz CT molecular complexity index is 898. The second-order valence-electron chi connectivity index (χ2n) is 7.96. The Balaban J connectivity index is 1.90. The van der Waals surface area contributed by atoms with E-state index in [9.17, 15) is 24.6 Å². The number of ketones is 1. The lowest BCUT2D eigenvalue weighted by atomic mass is 9.76. The lowest BCUT2D eigenvalue weighted by Crippen LogP contribution is -2.56. The number of carbonyl (C=O) groups is 3. The van der Waals surface area contributed by atoms with Gasteiger partial charge < -0.3 is 24.4 Å². The first-order valence-electron chi connectivity index (χ1n) is 9.08. The maximum Gasteiger partial charge on any atom is 0.334 e. The zero-order valence-corrected chi connectivity index (χ0v) is 16.0. The fraction of sp³-hybridized carbons (Fsp3) is 0.550. The number of hydrogen-bond donors (Lipinski definition) is 2. The van der Waals surface area contributed by atoms with E-state index in [0.29, 0.717) is 5.57 Å². The lowest BCUT2D eigenvalue weighted by Gasteiger charge is -2.36. The number of aliphatic hydroxyl groups is 2. The molecule has 2 aliphatic heterocycles. The highest BCUT2D eigenvalue weighted by molar-refractivity contribution is 6.09. The Morgan fingerprint density at radius 2 is 2.00 bits per heavy atom. The highest BCUT2D eigenvalue weighted by Crippen LogP contribution is 2.62. The monoisotopic (exact) mass is 390 g/mol. The molecule has 0 radical (unpaired) electrons. The Kier molecular flexibility index (Phi) is 3.82. The number of fused-ring (bicyclic) bond motifs is 5. The van der Waals surface area contributed by atoms with Crippen LogP contribution in [0.1, 0.15) is 27.7 Å². The van der Waals surface area contributed by atoms with Crippen LogP contribution in [0.15, 0.2) is 34.9 Å². The summed E-state index contributed by atoms with van der Waals surface area (Å²) in [5.74, 6) is -2.99. The van der Waals surface area contributed by atoms with Gasteiger partial charge in [0.2, 0.25) is 0 Å². The van der Waals surface area contributed by atoms with E-state index in [0.717, 1.165) is 0 Å². The second-order valence-corrected chi connectivity index (χ2v) is 7.96. The van der Waals surface area contributed by atoms with E-state index in [-0.39, 0.29) is 16.7 Å². The summed E-state index contributed by atoms with van der Waals surface area (Å²) in [5, 5.41) is 22.7. The summed E-state index contributed by atoms with van der Waals surface area (Å²) in [6.07, 6.45) is -3.29. The number of aliphatic hydroxyl groups excluding tert-OH is 1. The molecular weight excluding hydrogens is 368 g/mol. The number of hydrogen-bond acceptors (Lipinski definition) is 8. The average molecular weight is 390 g/mol. The molecular formula is C20H22O8. The minimum Gasteiger partial charge on any atom is -0.455 e. The number of rotatable bonds is 2. The van der Waals surface area contributed by atoms with Crippen molar-refractivity contribution in [1.29, 1.82) is 0 Å². The van der Waals surface area contributed by atoms with Crippen LogP contribution in [-0.4, -0.2) is 63.6 Å². The van der Waals surface area contributed by atoms with Crippen LogP contribution in [-0.2, 0) is 28.6 Å². The molecule has 2 heterocycles. The van der Waals surface area contributed by atoms with Crippen LogP contribution in [0.2, 0.25) is 0 Å². The number of Topliss-reactive ketones (excluding diaryl/α,β-unsaturated/α-hetero) is 1. The molecule has 1 saturated carbocycles. The standard InChI is InChI=1S/C20H22O8/c1-6-7(2)17(23)26-14-9(4)11-13(22)16-19(5,28-16)20(11,25)15-10(12(14)21)8(3)18(24)27-15/h6,10,12,14-16,21,25H,3H2,1-2,4-5H3/b7-6-/t10-,12-,14-,15+,16+,19+,20-/m1/s1. The zero-order chi connectivity index (χ0) is 20.8. The van der Waals surface area contributed by atoms with Gasteiger partial charge in [0.15, 0.2) is 23.6 Å². The zero-order valence-electron chi connectivity index (χ0n) is 16.0. The first-order chi connectivity index (χ1) is 13.0. The van der Waals surface area contributed by atoms with Crippen molar-refractivity contribution >= 4 is 17.7 Å². The van der Waals surface area contributed by atoms with Crippen molar-refractivity contribution in [1.82, 2.24) is 0 Å². The van der Waals surface area contributed by atoms with Crippen molar-refractivity contribution in [3.05, 3.63) is 34.9 Å². The van der Waals surface area contributed by atoms with Crippen LogP contribution in [0.25, 0.3) is 0 Å². The molecule has 3 fully saturated rings. The van der Waals surface area contributed by atoms with Gasteiger partial charge in [0.05, 0.1) is 5.92 Å². The number of carbonyl (C=O) groups excluding carboxylic acids is 3. The number of epoxide rings is 1. The minimum atomic E-state index is -1.98. The Hall–Kier alpha value is -2.29. The van der Waals surface area contributed by atoms with Gasteiger partial charge in [-0.3, -0.25) is 4.79 Å². The number of allylic oxidation sites excluding steroid dienone is 1. The van der Waals surface area contributed by atoms with Crippen LogP contribution in [0.5, 0.6) is 0 Å². The van der Waals surface area contributed by atoms with E-state index < -0.39 is 59.3 Å². The molecule has 0 amide bonds. The van der Waals surface area contributed by atoms with E-state index in [1.165, 1.54) is 6.92 Å². The molecule has 2 aliphatic carbocycles. The van der Waals surface area contributed by atoms with Crippen LogP contribution < -0.4 is 0 Å². The van der Waals surface area contributed by atoms with E-state index >= 15 is 0 Å². The van der Waals surface area contributed by atoms with Crippen LogP contribution in [0.3, 0.4) is 0 Å². The molecule has 0 unspecified atom stereocenters. The quantitative estimate of drug-likeness (QED) is 0.387. The van der Waals surface area contributed by atoms with Crippen LogP contribution in [0.4, 0.5) is 0 Å². The van der Waals surface area contributed by atoms with E-state index in [2.05, 4.69) is 6.58 Å². The van der Waals surface area contributed by atoms with Crippen molar-refractivity contribution in [2.75, 3.05) is 0 Å². The first-order valence-corrected chi connectivity index (χ1v) is 9.08. The summed E-state index contributed by atoms with van der Waals surface area (Å²) in [6.45, 7) is 9.98. The maximum atomic E-state index is 12.9. The third-order valence-corrected chi connectivity index (χ3v) is 6.55. The van der Waals surface area contributed by atoms with E-state index in [1.54, 1.807) is 26.8 Å². The minimum absolute atomic E-state index is 0.0313. The fourth-order valence-electron chi connectivity index (χ4n) is 4.68. The van der Waals surface area contributed by atoms with Gasteiger partial charge in [-0.05, 0) is 33.3 Å². The van der Waals surface area contributed by atoms with E-state index in [4.69, 9.17) is 14.2 Å². The normalized spacial score (nSPS) is 44.6. The van der Waals surface area contributed by atoms with Crippen LogP contribution in [0, 0.1) is 5.92 Å². The smallest absolute Gasteiger partial charge is 0.334 e. The summed E-state index contributed by atoms with van der Waals surface area (Å²) < 4.78 is 16.3. The highest BCUT2D eigenvalue weighted by Gasteiger charge is 2.82. The molecule has 0 aromatic rings. The van der Waals surface area contributed by atoms with Gasteiger partial charge >= 0.3 is 11.9 Å². The molecule has 2 N–H and O–H groups in total. The highest BCUT2D eigenvalue weighted by atomic mass is 16.6. The third kappa shape index (κ3) is 2.02. The summed E-state index contributed by atoms with van der Waals surface area (Å²) in [4.78, 5) is 37.4. The molecule has 0 aromatic carbocycles. The molecule has 0 aromatic heterocycles. The maximum absolute atomic E-state index is 12.9. The molecule has 0 spiro atoms. The van der Waals surface area contributed by atoms with Gasteiger partial charge in [-0.15, -0.1) is 0 Å². The van der Waals surface area contributed by atoms with Gasteiger partial charge in [0.1, 0.15) is 17.8 Å². The third-order valence-electron chi connectivity index (χ3n) is 6.55. The largest absolute Gasteiger partial charge is 0.455 e. The summed E-state index contributed by atoms with van der Waals surface area (Å²) >= 11 is 0. The van der Waals surface area contributed by atoms with Gasteiger partial charge in [0, 0.05) is 16.7 Å². The molecule has 2 saturated heterocycles. The molecule has 150 valence electrons. The van der Waals surface area contributed by atoms with Crippen LogP contribution >= 0.6 is 0 Å². The van der Waals surface area contributed by atoms with Crippen molar-refractivity contribution in [2.45, 2.75) is 63.3 Å². The van der Waals surface area contributed by atoms with Gasteiger partial charge in [0.25, 0.3) is 0 Å². The topological polar surface area (TPSA) is 123 Å². The average Bonchev–Trinajstić information content (AvgIpc) is 3.23. The molecule has 8 nitrogen and oxygen atoms in total. The first kappa shape index (κ1) is 19.0. The Morgan fingerprint density at radius 3 is 2.61 bits per heavy atom. The van der Waals surface area contributed by atoms with Gasteiger partial charge in [-0.1, -0.05) is 12.7 Å². The van der Waals surface area contributed by atoms with Gasteiger partial charge in [-0.25, -0.2) is 9.59 Å². The fourth-order valence-corrected chi connectivity index (χ4v) is 4.68. The number of ether oxygens (including phenoxy) is 3. The predicted molar refractivity (Wildman–Crippen MR) is 93.8 cm³/mol. The molecule has 8 heteroatoms. The van der Waals surface area contributed by atoms with Crippen molar-refractivity contribution in [3.63, 3.8) is 0 Å². The second kappa shape index (κ2) is 5.62. The summed E-state index contributed by atoms with van der Waals surface area (Å²) in [6, 6.07) is 0. The Morgan fingerprint density at radius 1 is 1.36 bits per heavy atom. The van der Waals surface area contributed by atoms with Crippen molar-refractivity contribution < 1.29 is 38.8 Å². The summed E-state index contributed by atoms with van der Waals surface area (Å²) in [7, 11) is 0. The molecule has 4 rings (SSSR count). The Labute approximate surface area is 161 Å². The van der Waals surface area contributed by atoms with Crippen molar-refractivity contribution in [3.8, 4) is 0 Å². The molecule has 4 aliphatic rings. The van der Waals surface area contributed by atoms with E-state index in [1.807, 2.05) is 0 Å². The molecule has 0 bridgehead atoms. The summed E-state index contributed by atoms with van der Waals surface area (Å²) in [5.41, 5.74) is -2.81. The van der Waals surface area contributed by atoms with Gasteiger partial charge in [-0.2, -0.15) is 0 Å². The number of esters is 2. The molecule has 28 heavy (non-hydrogen) atoms. The predicted octanol–water partition coefficient (Wildman–Crippen LogP) is 0.124. The van der Waals surface area contributed by atoms with Crippen molar-refractivity contribution in [2.24, 2.45) is 5.92 Å². The lowest BCUT2D eigenvalue weighted by molar-refractivity contribution is -0.162. The molecule has 7 atom stereocenters.